The van der Waals surface area contributed by atoms with Gasteiger partial charge in [-0.25, -0.2) is 4.79 Å². The lowest BCUT2D eigenvalue weighted by Crippen LogP contribution is -2.49. The van der Waals surface area contributed by atoms with Crippen LogP contribution in [0.2, 0.25) is 10.0 Å². The molecule has 1 amide bonds. The lowest BCUT2D eigenvalue weighted by Gasteiger charge is -2.31. The summed E-state index contributed by atoms with van der Waals surface area (Å²) in [5.41, 5.74) is 0.621. The average Bonchev–Trinajstić information content (AvgIpc) is 2.47. The number of carboxylic acids is 1. The van der Waals surface area contributed by atoms with Gasteiger partial charge in [-0.2, -0.15) is 11.8 Å². The van der Waals surface area contributed by atoms with Crippen LogP contribution in [0.15, 0.2) is 24.3 Å². The summed E-state index contributed by atoms with van der Waals surface area (Å²) in [6.07, 6.45) is 2.89. The second-order valence-corrected chi connectivity index (χ2v) is 6.45. The molecule has 1 saturated heterocycles. The van der Waals surface area contributed by atoms with Crippen LogP contribution in [0.3, 0.4) is 0 Å². The van der Waals surface area contributed by atoms with Crippen molar-refractivity contribution in [3.05, 3.63) is 39.9 Å². The van der Waals surface area contributed by atoms with Crippen molar-refractivity contribution in [3.63, 3.8) is 0 Å². The highest BCUT2D eigenvalue weighted by Gasteiger charge is 2.31. The van der Waals surface area contributed by atoms with Crippen molar-refractivity contribution in [2.45, 2.75) is 6.04 Å². The molecule has 1 aliphatic heterocycles. The number of rotatable bonds is 3. The minimum atomic E-state index is -0.982. The summed E-state index contributed by atoms with van der Waals surface area (Å²) < 4.78 is 0. The molecule has 112 valence electrons. The van der Waals surface area contributed by atoms with Gasteiger partial charge in [-0.1, -0.05) is 23.2 Å². The highest BCUT2D eigenvalue weighted by Crippen LogP contribution is 2.22. The summed E-state index contributed by atoms with van der Waals surface area (Å²) in [4.78, 5) is 24.7. The van der Waals surface area contributed by atoms with E-state index in [0.29, 0.717) is 27.9 Å². The number of hydrogen-bond acceptors (Lipinski definition) is 3. The zero-order chi connectivity index (χ0) is 15.4. The first-order chi connectivity index (χ1) is 9.99. The molecule has 0 aliphatic carbocycles. The van der Waals surface area contributed by atoms with E-state index in [0.717, 1.165) is 5.75 Å². The third-order valence-electron chi connectivity index (χ3n) is 3.06. The highest BCUT2D eigenvalue weighted by molar-refractivity contribution is 7.99. The maximum Gasteiger partial charge on any atom is 0.327 e. The topological polar surface area (TPSA) is 57.6 Å². The molecule has 1 unspecified atom stereocenters. The summed E-state index contributed by atoms with van der Waals surface area (Å²) >= 11 is 13.4. The Bertz CT molecular complexity index is 592. The van der Waals surface area contributed by atoms with Crippen molar-refractivity contribution in [2.75, 3.05) is 18.1 Å². The molecule has 0 bridgehead atoms. The van der Waals surface area contributed by atoms with Crippen LogP contribution in [0.5, 0.6) is 0 Å². The van der Waals surface area contributed by atoms with Crippen LogP contribution in [-0.2, 0) is 9.59 Å². The monoisotopic (exact) mass is 345 g/mol. The number of carbonyl (C=O) groups is 2. The molecule has 4 nitrogen and oxygen atoms in total. The van der Waals surface area contributed by atoms with Crippen molar-refractivity contribution in [1.82, 2.24) is 4.90 Å². The number of amides is 1. The Balaban J connectivity index is 2.14. The second kappa shape index (κ2) is 7.20. The third kappa shape index (κ3) is 4.15. The number of nitrogens with zero attached hydrogens (tertiary/aromatic N) is 1. The van der Waals surface area contributed by atoms with Gasteiger partial charge in [0.1, 0.15) is 6.04 Å². The normalized spacial score (nSPS) is 19.0. The van der Waals surface area contributed by atoms with Gasteiger partial charge in [-0.15, -0.1) is 0 Å². The Morgan fingerprint density at radius 1 is 1.38 bits per heavy atom. The van der Waals surface area contributed by atoms with Crippen molar-refractivity contribution in [1.29, 1.82) is 0 Å². The number of thioether (sulfide) groups is 1. The van der Waals surface area contributed by atoms with Gasteiger partial charge in [0.25, 0.3) is 0 Å². The second-order valence-electron chi connectivity index (χ2n) is 4.46. The maximum atomic E-state index is 12.2. The van der Waals surface area contributed by atoms with E-state index in [9.17, 15) is 9.59 Å². The number of benzene rings is 1. The molecule has 1 N–H and O–H groups in total. The largest absolute Gasteiger partial charge is 0.480 e. The number of hydrogen-bond donors (Lipinski definition) is 1. The number of halogens is 2. The molecule has 0 spiro atoms. The summed E-state index contributed by atoms with van der Waals surface area (Å²) in [6, 6.07) is 4.17. The van der Waals surface area contributed by atoms with Crippen LogP contribution in [0, 0.1) is 0 Å². The molecule has 1 aromatic carbocycles. The third-order valence-corrected chi connectivity index (χ3v) is 4.66. The van der Waals surface area contributed by atoms with Crippen molar-refractivity contribution in [3.8, 4) is 0 Å². The lowest BCUT2D eigenvalue weighted by atomic mass is 10.2. The molecule has 0 aromatic heterocycles. The van der Waals surface area contributed by atoms with Gasteiger partial charge in [0, 0.05) is 34.2 Å². The fraction of sp³-hybridized carbons (Fsp3) is 0.286. The molecule has 21 heavy (non-hydrogen) atoms. The Labute approximate surface area is 136 Å². The number of aliphatic carboxylic acids is 1. The predicted molar refractivity (Wildman–Crippen MR) is 86.0 cm³/mol. The molecule has 1 atom stereocenters. The van der Waals surface area contributed by atoms with E-state index in [-0.39, 0.29) is 5.91 Å². The molecule has 1 heterocycles. The fourth-order valence-corrected chi connectivity index (χ4v) is 3.37. The quantitative estimate of drug-likeness (QED) is 0.855. The Morgan fingerprint density at radius 3 is 2.86 bits per heavy atom. The molecular formula is C14H13Cl2NO3S. The predicted octanol–water partition coefficient (Wildman–Crippen LogP) is 3.04. The van der Waals surface area contributed by atoms with Crippen LogP contribution >= 0.6 is 35.0 Å². The smallest absolute Gasteiger partial charge is 0.327 e. The van der Waals surface area contributed by atoms with Crippen molar-refractivity contribution < 1.29 is 14.7 Å². The van der Waals surface area contributed by atoms with Gasteiger partial charge in [-0.05, 0) is 29.8 Å². The number of carbonyl (C=O) groups excluding carboxylic acids is 1. The average molecular weight is 346 g/mol. The molecule has 1 fully saturated rings. The molecule has 1 aliphatic rings. The van der Waals surface area contributed by atoms with Gasteiger partial charge < -0.3 is 10.0 Å². The molecule has 2 rings (SSSR count). The SMILES string of the molecule is O=C(O)C1CSCCN1C(=O)/C=C/c1cc(Cl)ccc1Cl. The van der Waals surface area contributed by atoms with Gasteiger partial charge in [0.05, 0.1) is 0 Å². The van der Waals surface area contributed by atoms with Gasteiger partial charge >= 0.3 is 5.97 Å². The minimum Gasteiger partial charge on any atom is -0.480 e. The van der Waals surface area contributed by atoms with Crippen LogP contribution in [-0.4, -0.2) is 46.0 Å². The Kier molecular flexibility index (Phi) is 5.56. The van der Waals surface area contributed by atoms with Gasteiger partial charge in [0.15, 0.2) is 0 Å². The van der Waals surface area contributed by atoms with Crippen LogP contribution in [0.4, 0.5) is 0 Å². The first kappa shape index (κ1) is 16.2. The molecule has 0 radical (unpaired) electrons. The fourth-order valence-electron chi connectivity index (χ4n) is 1.97. The number of carboxylic acid groups (broad SMARTS) is 1. The summed E-state index contributed by atoms with van der Waals surface area (Å²) in [7, 11) is 0. The van der Waals surface area contributed by atoms with E-state index >= 15 is 0 Å². The van der Waals surface area contributed by atoms with E-state index in [4.69, 9.17) is 28.3 Å². The molecule has 1 aromatic rings. The van der Waals surface area contributed by atoms with Crippen molar-refractivity contribution >= 4 is 52.9 Å². The van der Waals surface area contributed by atoms with Crippen LogP contribution in [0.25, 0.3) is 6.08 Å². The van der Waals surface area contributed by atoms with Crippen LogP contribution in [0.1, 0.15) is 5.56 Å². The standard InChI is InChI=1S/C14H13Cl2NO3S/c15-10-2-3-11(16)9(7-10)1-4-13(18)17-5-6-21-8-12(17)14(19)20/h1-4,7,12H,5-6,8H2,(H,19,20)/b4-1+. The zero-order valence-corrected chi connectivity index (χ0v) is 13.3. The van der Waals surface area contributed by atoms with E-state index < -0.39 is 12.0 Å². The van der Waals surface area contributed by atoms with Gasteiger partial charge in [0.2, 0.25) is 5.91 Å². The maximum absolute atomic E-state index is 12.2. The van der Waals surface area contributed by atoms with E-state index in [2.05, 4.69) is 0 Å². The molecule has 7 heteroatoms. The summed E-state index contributed by atoms with van der Waals surface area (Å²) in [6.45, 7) is 0.425. The molecular weight excluding hydrogens is 333 g/mol. The summed E-state index contributed by atoms with van der Waals surface area (Å²) in [5, 5.41) is 10.2. The Morgan fingerprint density at radius 2 is 2.14 bits per heavy atom. The van der Waals surface area contributed by atoms with Gasteiger partial charge in [-0.3, -0.25) is 4.79 Å². The van der Waals surface area contributed by atoms with E-state index in [1.807, 2.05) is 0 Å². The molecule has 0 saturated carbocycles. The minimum absolute atomic E-state index is 0.334. The van der Waals surface area contributed by atoms with Crippen molar-refractivity contribution in [2.24, 2.45) is 0 Å². The first-order valence-electron chi connectivity index (χ1n) is 6.23. The summed E-state index contributed by atoms with van der Waals surface area (Å²) in [5.74, 6) is -0.169. The van der Waals surface area contributed by atoms with Crippen LogP contribution < -0.4 is 0 Å². The first-order valence-corrected chi connectivity index (χ1v) is 8.14. The van der Waals surface area contributed by atoms with E-state index in [1.165, 1.54) is 22.7 Å². The lowest BCUT2D eigenvalue weighted by molar-refractivity contribution is -0.147. The zero-order valence-electron chi connectivity index (χ0n) is 11.0. The Hall–Kier alpha value is -1.17. The highest BCUT2D eigenvalue weighted by atomic mass is 35.5. The van der Waals surface area contributed by atoms with E-state index in [1.54, 1.807) is 24.3 Å².